The first kappa shape index (κ1) is 49.0. The van der Waals surface area contributed by atoms with Gasteiger partial charge in [0.05, 0.1) is 26.3 Å². The number of nitrogens with zero attached hydrogens (tertiary/aromatic N) is 6. The zero-order chi connectivity index (χ0) is 42.7. The summed E-state index contributed by atoms with van der Waals surface area (Å²) in [6, 6.07) is 15.7. The number of quaternary nitrogens is 2. The van der Waals surface area contributed by atoms with E-state index >= 15 is 0 Å². The van der Waals surface area contributed by atoms with Crippen LogP contribution in [-0.4, -0.2) is 99.0 Å². The van der Waals surface area contributed by atoms with E-state index in [1.165, 1.54) is 10.6 Å². The SMILES string of the molecule is O=C([O-])C(F)(F)F.O=C([O-])C(F)(F)F.[N-]=[N+]=N[C@@H]1C[NH2+]CC(F)(F)[C@H](F)[C@H]1OCc1ccccc1.[N-]=[N+]=N[C@@H]1C[NH2+]CC(F)(F)[C@H](F)[C@H]1OCc1ccccc1. The minimum Gasteiger partial charge on any atom is -0.542 e. The summed E-state index contributed by atoms with van der Waals surface area (Å²) < 4.78 is 156. The number of ether oxygens (including phenoxy) is 2. The van der Waals surface area contributed by atoms with E-state index in [0.29, 0.717) is 0 Å². The van der Waals surface area contributed by atoms with Gasteiger partial charge in [-0.05, 0) is 22.2 Å². The second-order valence-corrected chi connectivity index (χ2v) is 11.4. The molecule has 6 atom stereocenters. The van der Waals surface area contributed by atoms with Crippen molar-refractivity contribution in [2.45, 2.75) is 74.0 Å². The number of hydrogen-bond donors (Lipinski definition) is 2. The van der Waals surface area contributed by atoms with Gasteiger partial charge in [0.25, 0.3) is 0 Å². The van der Waals surface area contributed by atoms with Crippen LogP contribution in [0.15, 0.2) is 70.9 Å². The van der Waals surface area contributed by atoms with Crippen molar-refractivity contribution < 1.29 is 92.6 Å². The standard InChI is InChI=1S/2C13H15F3N4O.2C2HF3O2/c2*14-12-11(21-7-9-4-2-1-3-5-9)10(19-20-17)6-18-8-13(12,15)16;2*3-2(4,5)1(6)7/h2*1-5,10-12,18H,6-8H2;2*(H,6,7)/t2*10-,11+,12-;;/m11../s1. The van der Waals surface area contributed by atoms with Gasteiger partial charge >= 0.3 is 24.2 Å². The summed E-state index contributed by atoms with van der Waals surface area (Å²) >= 11 is 0. The van der Waals surface area contributed by atoms with E-state index in [1.807, 2.05) is 0 Å². The molecule has 0 bridgehead atoms. The molecule has 2 aliphatic rings. The molecule has 2 aromatic rings. The number of azide groups is 2. The number of nitrogens with two attached hydrogens (primary N) is 2. The Morgan fingerprint density at radius 3 is 1.21 bits per heavy atom. The number of rotatable bonds is 8. The van der Waals surface area contributed by atoms with E-state index in [1.54, 1.807) is 60.7 Å². The Kier molecular flexibility index (Phi) is 19.7. The van der Waals surface area contributed by atoms with Crippen molar-refractivity contribution in [3.63, 3.8) is 0 Å². The quantitative estimate of drug-likeness (QED) is 0.175. The maximum atomic E-state index is 14.1. The average Bonchev–Trinajstić information content (AvgIpc) is 3.29. The van der Waals surface area contributed by atoms with Crippen molar-refractivity contribution in [3.8, 4) is 0 Å². The molecule has 2 fully saturated rings. The summed E-state index contributed by atoms with van der Waals surface area (Å²) in [6.45, 7) is -1.26. The van der Waals surface area contributed by atoms with E-state index in [-0.39, 0.29) is 26.3 Å². The van der Waals surface area contributed by atoms with Crippen LogP contribution in [0.2, 0.25) is 0 Å². The highest BCUT2D eigenvalue weighted by Gasteiger charge is 2.53. The van der Waals surface area contributed by atoms with Crippen molar-refractivity contribution in [1.29, 1.82) is 0 Å². The third-order valence-corrected chi connectivity index (χ3v) is 7.22. The Bertz CT molecular complexity index is 1480. The monoisotopic (exact) mass is 828 g/mol. The second-order valence-electron chi connectivity index (χ2n) is 11.4. The molecule has 312 valence electrons. The molecule has 2 aromatic carbocycles. The van der Waals surface area contributed by atoms with Gasteiger partial charge < -0.3 is 39.9 Å². The predicted molar refractivity (Wildman–Crippen MR) is 161 cm³/mol. The van der Waals surface area contributed by atoms with Crippen LogP contribution in [0.5, 0.6) is 0 Å². The highest BCUT2D eigenvalue weighted by molar-refractivity contribution is 5.71. The second kappa shape index (κ2) is 22.5. The van der Waals surface area contributed by atoms with Crippen LogP contribution in [-0.2, 0) is 32.3 Å². The van der Waals surface area contributed by atoms with Crippen LogP contribution in [0.3, 0.4) is 0 Å². The number of hydrogen-bond acceptors (Lipinski definition) is 8. The molecule has 56 heavy (non-hydrogen) atoms. The molecule has 0 aromatic heterocycles. The van der Waals surface area contributed by atoms with E-state index in [0.717, 1.165) is 11.1 Å². The fraction of sp³-hybridized carbons (Fsp3) is 0.533. The smallest absolute Gasteiger partial charge is 0.430 e. The largest absolute Gasteiger partial charge is 0.542 e. The van der Waals surface area contributed by atoms with Gasteiger partial charge in [-0.3, -0.25) is 0 Å². The van der Waals surface area contributed by atoms with Gasteiger partial charge in [-0.15, -0.1) is 0 Å². The number of carboxylic acid groups (broad SMARTS) is 2. The van der Waals surface area contributed by atoms with Gasteiger partial charge in [0.1, 0.15) is 49.3 Å². The number of carbonyl (C=O) groups is 2. The number of carboxylic acids is 2. The van der Waals surface area contributed by atoms with E-state index in [4.69, 9.17) is 40.3 Å². The Morgan fingerprint density at radius 1 is 0.679 bits per heavy atom. The highest BCUT2D eigenvalue weighted by Crippen LogP contribution is 2.30. The number of alkyl halides is 12. The molecule has 14 nitrogen and oxygen atoms in total. The molecule has 0 radical (unpaired) electrons. The molecule has 0 amide bonds. The lowest BCUT2D eigenvalue weighted by Crippen LogP contribution is -2.88. The molecular formula is C30H32F12N8O6. The first-order valence-electron chi connectivity index (χ1n) is 15.6. The van der Waals surface area contributed by atoms with Crippen molar-refractivity contribution in [2.24, 2.45) is 10.2 Å². The van der Waals surface area contributed by atoms with Crippen LogP contribution < -0.4 is 20.8 Å². The van der Waals surface area contributed by atoms with Crippen LogP contribution in [0.1, 0.15) is 11.1 Å². The summed E-state index contributed by atoms with van der Waals surface area (Å²) in [5, 5.41) is 26.9. The van der Waals surface area contributed by atoms with Crippen molar-refractivity contribution in [2.75, 3.05) is 26.2 Å². The van der Waals surface area contributed by atoms with Crippen molar-refractivity contribution in [1.82, 2.24) is 0 Å². The van der Waals surface area contributed by atoms with Crippen LogP contribution in [0.25, 0.3) is 20.9 Å². The molecule has 2 heterocycles. The number of halogens is 12. The van der Waals surface area contributed by atoms with Crippen molar-refractivity contribution >= 4 is 11.9 Å². The zero-order valence-electron chi connectivity index (χ0n) is 28.3. The van der Waals surface area contributed by atoms with E-state index in [2.05, 4.69) is 20.1 Å². The summed E-state index contributed by atoms with van der Waals surface area (Å²) in [5.41, 5.74) is 18.5. The van der Waals surface area contributed by atoms with Gasteiger partial charge in [0, 0.05) is 9.82 Å². The number of carbonyl (C=O) groups excluding carboxylic acids is 2. The van der Waals surface area contributed by atoms with Crippen LogP contribution in [0.4, 0.5) is 52.7 Å². The van der Waals surface area contributed by atoms with Gasteiger partial charge in [0.15, 0.2) is 12.3 Å². The van der Waals surface area contributed by atoms with Gasteiger partial charge in [-0.25, -0.2) is 8.78 Å². The Labute approximate surface area is 308 Å². The molecule has 0 saturated carbocycles. The third kappa shape index (κ3) is 17.2. The first-order valence-corrected chi connectivity index (χ1v) is 15.6. The van der Waals surface area contributed by atoms with Crippen LogP contribution in [0, 0.1) is 0 Å². The summed E-state index contributed by atoms with van der Waals surface area (Å²) in [6.07, 6.45) is -18.3. The topological polar surface area (TPSA) is 229 Å². The fourth-order valence-corrected chi connectivity index (χ4v) is 4.54. The lowest BCUT2D eigenvalue weighted by molar-refractivity contribution is -0.668. The molecule has 4 N–H and O–H groups in total. The lowest BCUT2D eigenvalue weighted by Gasteiger charge is -2.26. The van der Waals surface area contributed by atoms with E-state index < -0.39 is 85.9 Å². The first-order chi connectivity index (χ1) is 26.0. The minimum atomic E-state index is -5.19. The van der Waals surface area contributed by atoms with Gasteiger partial charge in [-0.1, -0.05) is 70.9 Å². The normalized spacial score (nSPS) is 24.1. The zero-order valence-corrected chi connectivity index (χ0v) is 28.3. The summed E-state index contributed by atoms with van der Waals surface area (Å²) in [5.74, 6) is -13.0. The molecular weight excluding hydrogens is 796 g/mol. The maximum absolute atomic E-state index is 14.1. The lowest BCUT2D eigenvalue weighted by atomic mass is 10.0. The maximum Gasteiger partial charge on any atom is 0.430 e. The minimum absolute atomic E-state index is 0.0144. The van der Waals surface area contributed by atoms with Crippen molar-refractivity contribution in [3.05, 3.63) is 92.7 Å². The van der Waals surface area contributed by atoms with E-state index in [9.17, 15) is 52.7 Å². The Balaban J connectivity index is 0.000000421. The predicted octanol–water partition coefficient (Wildman–Crippen LogP) is 2.20. The Morgan fingerprint density at radius 2 is 0.964 bits per heavy atom. The fourth-order valence-electron chi connectivity index (χ4n) is 4.54. The Hall–Kier alpha value is -5.00. The third-order valence-electron chi connectivity index (χ3n) is 7.22. The number of benzene rings is 2. The average molecular weight is 829 g/mol. The highest BCUT2D eigenvalue weighted by atomic mass is 19.4. The van der Waals surface area contributed by atoms with Gasteiger partial charge in [-0.2, -0.15) is 43.9 Å². The number of aliphatic carboxylic acids is 2. The van der Waals surface area contributed by atoms with Gasteiger partial charge in [0.2, 0.25) is 0 Å². The summed E-state index contributed by atoms with van der Waals surface area (Å²) in [7, 11) is 0. The molecule has 2 aliphatic heterocycles. The molecule has 4 rings (SSSR count). The molecule has 0 aliphatic carbocycles. The van der Waals surface area contributed by atoms with Crippen LogP contribution >= 0.6 is 0 Å². The molecule has 0 spiro atoms. The summed E-state index contributed by atoms with van der Waals surface area (Å²) in [4.78, 5) is 22.8. The molecule has 26 heteroatoms. The molecule has 0 unspecified atom stereocenters. The molecule has 2 saturated heterocycles.